The molecule has 19 heavy (non-hydrogen) atoms. The summed E-state index contributed by atoms with van der Waals surface area (Å²) in [5.41, 5.74) is 0.537. The summed E-state index contributed by atoms with van der Waals surface area (Å²) >= 11 is 0. The Balaban J connectivity index is 3.26. The lowest BCUT2D eigenvalue weighted by Crippen LogP contribution is -2.44. The lowest BCUT2D eigenvalue weighted by molar-refractivity contribution is 0.101. The summed E-state index contributed by atoms with van der Waals surface area (Å²) in [5.74, 6) is 1.17. The average molecular weight is 280 g/mol. The Morgan fingerprint density at radius 3 is 2.11 bits per heavy atom. The van der Waals surface area contributed by atoms with Crippen molar-refractivity contribution in [1.82, 2.24) is 0 Å². The smallest absolute Gasteiger partial charge is 0.250 e. The normalized spacial score (nSPS) is 12.2. The van der Waals surface area contributed by atoms with Crippen LogP contribution in [-0.4, -0.2) is 21.2 Å². The fourth-order valence-electron chi connectivity index (χ4n) is 1.54. The van der Waals surface area contributed by atoms with Crippen molar-refractivity contribution in [2.75, 3.05) is 7.11 Å². The molecule has 4 heteroatoms. The van der Waals surface area contributed by atoms with E-state index in [0.29, 0.717) is 17.1 Å². The largest absolute Gasteiger partial charge is 0.543 e. The number of hydrogen-bond acceptors (Lipinski definition) is 3. The molecular formula is C15H24O3Si. The van der Waals surface area contributed by atoms with Gasteiger partial charge in [0, 0.05) is 0 Å². The number of Topliss-reactive ketones (excluding diaryl/α,β-unsaturated/α-hetero) is 1. The van der Waals surface area contributed by atoms with Crippen LogP contribution in [0.2, 0.25) is 18.1 Å². The third kappa shape index (κ3) is 3.38. The van der Waals surface area contributed by atoms with E-state index >= 15 is 0 Å². The molecule has 0 aromatic heterocycles. The summed E-state index contributed by atoms with van der Waals surface area (Å²) in [4.78, 5) is 11.8. The summed E-state index contributed by atoms with van der Waals surface area (Å²) in [7, 11) is -0.399. The molecule has 0 spiro atoms. The van der Waals surface area contributed by atoms with Gasteiger partial charge in [0.1, 0.15) is 11.5 Å². The highest BCUT2D eigenvalue weighted by Gasteiger charge is 2.39. The fraction of sp³-hybridized carbons (Fsp3) is 0.533. The van der Waals surface area contributed by atoms with Gasteiger partial charge in [0.15, 0.2) is 5.78 Å². The molecule has 0 amide bonds. The monoisotopic (exact) mass is 280 g/mol. The number of ether oxygens (including phenoxy) is 1. The van der Waals surface area contributed by atoms with Crippen molar-refractivity contribution in [2.24, 2.45) is 0 Å². The van der Waals surface area contributed by atoms with Gasteiger partial charge < -0.3 is 9.16 Å². The van der Waals surface area contributed by atoms with Crippen molar-refractivity contribution < 1.29 is 14.0 Å². The van der Waals surface area contributed by atoms with E-state index < -0.39 is 8.32 Å². The van der Waals surface area contributed by atoms with E-state index in [4.69, 9.17) is 9.16 Å². The maximum atomic E-state index is 11.8. The Bertz CT molecular complexity index is 473. The second-order valence-electron chi connectivity index (χ2n) is 6.25. The highest BCUT2D eigenvalue weighted by Crippen LogP contribution is 2.39. The van der Waals surface area contributed by atoms with Crippen LogP contribution in [0.1, 0.15) is 38.1 Å². The Morgan fingerprint density at radius 2 is 1.68 bits per heavy atom. The molecule has 0 aliphatic carbocycles. The maximum absolute atomic E-state index is 11.8. The zero-order valence-electron chi connectivity index (χ0n) is 13.0. The van der Waals surface area contributed by atoms with Crippen LogP contribution in [0.4, 0.5) is 0 Å². The zero-order valence-corrected chi connectivity index (χ0v) is 14.0. The lowest BCUT2D eigenvalue weighted by atomic mass is 10.1. The molecule has 0 atom stereocenters. The van der Waals surface area contributed by atoms with E-state index in [1.165, 1.54) is 6.92 Å². The lowest BCUT2D eigenvalue weighted by Gasteiger charge is -2.37. The molecule has 0 N–H and O–H groups in total. The summed E-state index contributed by atoms with van der Waals surface area (Å²) in [6.45, 7) is 12.4. The van der Waals surface area contributed by atoms with Crippen LogP contribution in [0.15, 0.2) is 18.2 Å². The molecule has 0 aliphatic heterocycles. The molecular weight excluding hydrogens is 256 g/mol. The number of methoxy groups -OCH3 is 1. The molecule has 1 aromatic rings. The molecule has 0 bridgehead atoms. The van der Waals surface area contributed by atoms with E-state index in [0.717, 1.165) is 0 Å². The zero-order chi connectivity index (χ0) is 14.8. The van der Waals surface area contributed by atoms with Gasteiger partial charge in [-0.05, 0) is 37.2 Å². The van der Waals surface area contributed by atoms with Gasteiger partial charge in [-0.15, -0.1) is 0 Å². The summed E-state index contributed by atoms with van der Waals surface area (Å²) in [5, 5.41) is 0.0874. The van der Waals surface area contributed by atoms with Crippen LogP contribution >= 0.6 is 0 Å². The van der Waals surface area contributed by atoms with Crippen molar-refractivity contribution in [2.45, 2.75) is 45.8 Å². The molecule has 0 saturated heterocycles. The van der Waals surface area contributed by atoms with Gasteiger partial charge >= 0.3 is 0 Å². The highest BCUT2D eigenvalue weighted by atomic mass is 28.4. The summed E-state index contributed by atoms with van der Waals surface area (Å²) < 4.78 is 11.5. The van der Waals surface area contributed by atoms with Gasteiger partial charge in [-0.25, -0.2) is 0 Å². The van der Waals surface area contributed by atoms with Gasteiger partial charge in [0.05, 0.1) is 12.7 Å². The molecule has 106 valence electrons. The SMILES string of the molecule is COc1cccc(O[Si](C)(C)C(C)(C)C)c1C(C)=O. The van der Waals surface area contributed by atoms with E-state index in [2.05, 4.69) is 33.9 Å². The predicted octanol–water partition coefficient (Wildman–Crippen LogP) is 4.28. The standard InChI is InChI=1S/C15H24O3Si/c1-11(16)14-12(17-5)9-8-10-13(14)18-19(6,7)15(2,3)4/h8-10H,1-7H3. The minimum Gasteiger partial charge on any atom is -0.543 e. The van der Waals surface area contributed by atoms with Crippen molar-refractivity contribution >= 4 is 14.1 Å². The molecule has 0 aliphatic rings. The third-order valence-electron chi connectivity index (χ3n) is 3.73. The number of hydrogen-bond donors (Lipinski definition) is 0. The van der Waals surface area contributed by atoms with Crippen LogP contribution in [0.25, 0.3) is 0 Å². The first-order valence-electron chi connectivity index (χ1n) is 6.47. The van der Waals surface area contributed by atoms with E-state index in [9.17, 15) is 4.79 Å². The van der Waals surface area contributed by atoms with Crippen molar-refractivity contribution in [3.8, 4) is 11.5 Å². The van der Waals surface area contributed by atoms with Gasteiger partial charge in [0.25, 0.3) is 8.32 Å². The van der Waals surface area contributed by atoms with Crippen LogP contribution in [0.3, 0.4) is 0 Å². The molecule has 0 radical (unpaired) electrons. The van der Waals surface area contributed by atoms with Crippen LogP contribution in [0.5, 0.6) is 11.5 Å². The molecule has 0 unspecified atom stereocenters. The number of carbonyl (C=O) groups is 1. The summed E-state index contributed by atoms with van der Waals surface area (Å²) in [6.07, 6.45) is 0. The van der Waals surface area contributed by atoms with E-state index in [1.54, 1.807) is 13.2 Å². The third-order valence-corrected chi connectivity index (χ3v) is 8.07. The summed E-state index contributed by atoms with van der Waals surface area (Å²) in [6, 6.07) is 5.49. The fourth-order valence-corrected chi connectivity index (χ4v) is 2.57. The van der Waals surface area contributed by atoms with Crippen LogP contribution in [0, 0.1) is 0 Å². The first-order valence-corrected chi connectivity index (χ1v) is 9.38. The van der Waals surface area contributed by atoms with E-state index in [-0.39, 0.29) is 10.8 Å². The molecule has 0 saturated carbocycles. The van der Waals surface area contributed by atoms with Crippen LogP contribution < -0.4 is 9.16 Å². The number of carbonyl (C=O) groups excluding carboxylic acids is 1. The van der Waals surface area contributed by atoms with Gasteiger partial charge in [-0.1, -0.05) is 26.8 Å². The van der Waals surface area contributed by atoms with Gasteiger partial charge in [-0.2, -0.15) is 0 Å². The average Bonchev–Trinajstić information content (AvgIpc) is 2.26. The van der Waals surface area contributed by atoms with Crippen molar-refractivity contribution in [1.29, 1.82) is 0 Å². The molecule has 3 nitrogen and oxygen atoms in total. The first-order chi connectivity index (χ1) is 8.60. The predicted molar refractivity (Wildman–Crippen MR) is 80.8 cm³/mol. The molecule has 0 heterocycles. The topological polar surface area (TPSA) is 35.5 Å². The minimum absolute atomic E-state index is 0.0360. The number of benzene rings is 1. The van der Waals surface area contributed by atoms with E-state index in [1.807, 2.05) is 12.1 Å². The number of rotatable bonds is 4. The van der Waals surface area contributed by atoms with Crippen molar-refractivity contribution in [3.05, 3.63) is 23.8 Å². The quantitative estimate of drug-likeness (QED) is 0.610. The molecule has 1 rings (SSSR count). The molecule has 1 aromatic carbocycles. The highest BCUT2D eigenvalue weighted by molar-refractivity contribution is 6.74. The minimum atomic E-state index is -1.97. The van der Waals surface area contributed by atoms with Crippen LogP contribution in [-0.2, 0) is 0 Å². The Morgan fingerprint density at radius 1 is 1.16 bits per heavy atom. The van der Waals surface area contributed by atoms with Crippen molar-refractivity contribution in [3.63, 3.8) is 0 Å². The second kappa shape index (κ2) is 5.37. The van der Waals surface area contributed by atoms with Gasteiger partial charge in [0.2, 0.25) is 0 Å². The number of ketones is 1. The first kappa shape index (κ1) is 15.8. The van der Waals surface area contributed by atoms with Gasteiger partial charge in [-0.3, -0.25) is 4.79 Å². The maximum Gasteiger partial charge on any atom is 0.250 e. The second-order valence-corrected chi connectivity index (χ2v) is 11.0. The Kier molecular flexibility index (Phi) is 4.45. The molecule has 0 fully saturated rings. The Hall–Kier alpha value is -1.29. The Labute approximate surface area is 117 Å².